The molecule has 0 aromatic heterocycles. The highest BCUT2D eigenvalue weighted by Gasteiger charge is 2.27. The molecule has 0 rings (SSSR count). The molecule has 0 aliphatic heterocycles. The van der Waals surface area contributed by atoms with Gasteiger partial charge >= 0.3 is 19.8 Å². The van der Waals surface area contributed by atoms with Crippen molar-refractivity contribution >= 4 is 19.8 Å². The van der Waals surface area contributed by atoms with Crippen molar-refractivity contribution in [3.63, 3.8) is 0 Å². The minimum absolute atomic E-state index is 0.0245. The molecule has 0 aliphatic rings. The van der Waals surface area contributed by atoms with Crippen molar-refractivity contribution < 1.29 is 42.1 Å². The molecule has 0 saturated carbocycles. The second-order valence-corrected chi connectivity index (χ2v) is 26.0. The number of carbonyl (C=O) groups is 2. The number of esters is 2. The number of allylic oxidation sites excluding steroid dienone is 20. The van der Waals surface area contributed by atoms with Crippen molar-refractivity contribution in [1.29, 1.82) is 0 Å². The van der Waals surface area contributed by atoms with Crippen LogP contribution in [0.5, 0.6) is 0 Å². The maximum absolute atomic E-state index is 12.9. The number of quaternary nitrogens is 1. The minimum Gasteiger partial charge on any atom is -0.462 e. The fourth-order valence-electron chi connectivity index (χ4n) is 9.59. The average molecular weight is 1220 g/mol. The standard InChI is InChI=1S/C76H132NO8P/c1-6-8-10-12-14-16-18-20-22-24-26-28-30-32-34-35-36-37-38-39-40-41-43-45-47-49-51-53-55-57-59-61-63-65-67-69-76(79)85-74(73-84-86(80,81)83-71-70-77(3,4)5)72-82-75(78)68-66-64-62-60-58-56-54-52-50-48-46-44-42-33-31-29-27-25-23-21-19-17-15-13-11-9-7-2/h8,10,14,16,20,22,25-28,32,34,36-37,39-40,43,45,49,51,74H,6-7,9,11-13,15,17-19,21,23-24,29-31,33,35,38,41-42,44,46-48,50,52-73H2,1-5H3/p+1/b10-8-,16-14-,22-20-,27-25-,28-26-,34-32-,37-36-,40-39-,45-43-,51-49-. The second kappa shape index (κ2) is 65.8. The summed E-state index contributed by atoms with van der Waals surface area (Å²) in [7, 11) is 1.46. The Bertz CT molecular complexity index is 1870. The Morgan fingerprint density at radius 1 is 0.372 bits per heavy atom. The molecule has 0 radical (unpaired) electrons. The summed E-state index contributed by atoms with van der Waals surface area (Å²) in [5, 5.41) is 0. The molecule has 1 N–H and O–H groups in total. The van der Waals surface area contributed by atoms with Crippen molar-refractivity contribution in [2.24, 2.45) is 0 Å². The molecule has 0 spiro atoms. The number of rotatable bonds is 64. The van der Waals surface area contributed by atoms with E-state index >= 15 is 0 Å². The number of carbonyl (C=O) groups excluding carboxylic acids is 2. The maximum atomic E-state index is 12.9. The van der Waals surface area contributed by atoms with Crippen LogP contribution in [0.3, 0.4) is 0 Å². The number of hydrogen-bond acceptors (Lipinski definition) is 7. The van der Waals surface area contributed by atoms with Crippen molar-refractivity contribution in [2.45, 2.75) is 302 Å². The average Bonchev–Trinajstić information content (AvgIpc) is 3.56. The van der Waals surface area contributed by atoms with Crippen LogP contribution >= 0.6 is 7.82 Å². The first kappa shape index (κ1) is 82.4. The molecule has 0 aliphatic carbocycles. The first-order valence-electron chi connectivity index (χ1n) is 35.3. The van der Waals surface area contributed by atoms with Crippen LogP contribution in [0.1, 0.15) is 296 Å². The van der Waals surface area contributed by atoms with Crippen LogP contribution in [0, 0.1) is 0 Å². The Morgan fingerprint density at radius 3 is 1.00 bits per heavy atom. The Morgan fingerprint density at radius 2 is 0.663 bits per heavy atom. The molecule has 2 atom stereocenters. The van der Waals surface area contributed by atoms with Crippen LogP contribution in [0.15, 0.2) is 122 Å². The van der Waals surface area contributed by atoms with Gasteiger partial charge in [-0.15, -0.1) is 0 Å². The molecule has 494 valence electrons. The third-order valence-corrected chi connectivity index (χ3v) is 16.0. The lowest BCUT2D eigenvalue weighted by molar-refractivity contribution is -0.870. The van der Waals surface area contributed by atoms with Gasteiger partial charge in [-0.1, -0.05) is 296 Å². The van der Waals surface area contributed by atoms with Gasteiger partial charge < -0.3 is 18.9 Å². The van der Waals surface area contributed by atoms with E-state index < -0.39 is 26.5 Å². The summed E-state index contributed by atoms with van der Waals surface area (Å²) in [6.07, 6.45) is 94.4. The number of phosphoric ester groups is 1. The smallest absolute Gasteiger partial charge is 0.462 e. The van der Waals surface area contributed by atoms with Gasteiger partial charge in [0, 0.05) is 12.8 Å². The molecular weight excluding hydrogens is 1090 g/mol. The predicted octanol–water partition coefficient (Wildman–Crippen LogP) is 23.0. The van der Waals surface area contributed by atoms with Crippen LogP contribution in [0.25, 0.3) is 0 Å². The summed E-state index contributed by atoms with van der Waals surface area (Å²) in [6, 6.07) is 0. The third kappa shape index (κ3) is 69.5. The Labute approximate surface area is 530 Å². The van der Waals surface area contributed by atoms with Gasteiger partial charge in [0.25, 0.3) is 0 Å². The third-order valence-electron chi connectivity index (χ3n) is 15.0. The highest BCUT2D eigenvalue weighted by molar-refractivity contribution is 7.47. The molecule has 0 fully saturated rings. The molecule has 0 heterocycles. The van der Waals surface area contributed by atoms with E-state index in [-0.39, 0.29) is 32.0 Å². The van der Waals surface area contributed by atoms with Gasteiger partial charge in [-0.3, -0.25) is 18.6 Å². The Hall–Kier alpha value is -3.59. The Balaban J connectivity index is 4.12. The van der Waals surface area contributed by atoms with Crippen molar-refractivity contribution in [3.05, 3.63) is 122 Å². The first-order valence-corrected chi connectivity index (χ1v) is 36.8. The van der Waals surface area contributed by atoms with Crippen LogP contribution in [-0.2, 0) is 32.7 Å². The van der Waals surface area contributed by atoms with Crippen molar-refractivity contribution in [3.8, 4) is 0 Å². The van der Waals surface area contributed by atoms with E-state index in [4.69, 9.17) is 18.5 Å². The summed E-state index contributed by atoms with van der Waals surface area (Å²) in [6.45, 7) is 4.33. The number of likely N-dealkylation sites (N-methyl/N-ethyl adjacent to an activating group) is 1. The maximum Gasteiger partial charge on any atom is 0.472 e. The zero-order valence-electron chi connectivity index (χ0n) is 56.3. The quantitative estimate of drug-likeness (QED) is 0.0211. The monoisotopic (exact) mass is 1220 g/mol. The topological polar surface area (TPSA) is 108 Å². The lowest BCUT2D eigenvalue weighted by atomic mass is 10.0. The molecule has 0 bridgehead atoms. The number of unbranched alkanes of at least 4 members (excludes halogenated alkanes) is 30. The summed E-state index contributed by atoms with van der Waals surface area (Å²) in [4.78, 5) is 35.9. The van der Waals surface area contributed by atoms with Crippen molar-refractivity contribution in [2.75, 3.05) is 47.5 Å². The zero-order valence-corrected chi connectivity index (χ0v) is 57.2. The van der Waals surface area contributed by atoms with E-state index in [1.54, 1.807) is 0 Å². The number of nitrogens with zero attached hydrogens (tertiary/aromatic N) is 1. The van der Waals surface area contributed by atoms with Crippen LogP contribution in [-0.4, -0.2) is 74.9 Å². The summed E-state index contributed by atoms with van der Waals surface area (Å²) >= 11 is 0. The van der Waals surface area contributed by atoms with Crippen LogP contribution < -0.4 is 0 Å². The fourth-order valence-corrected chi connectivity index (χ4v) is 10.3. The number of ether oxygens (including phenoxy) is 2. The number of hydrogen-bond donors (Lipinski definition) is 1. The molecule has 2 unspecified atom stereocenters. The van der Waals surface area contributed by atoms with Gasteiger partial charge in [-0.05, 0) is 109 Å². The summed E-state index contributed by atoms with van der Waals surface area (Å²) < 4.78 is 34.7. The van der Waals surface area contributed by atoms with Gasteiger partial charge in [-0.25, -0.2) is 4.57 Å². The predicted molar refractivity (Wildman–Crippen MR) is 371 cm³/mol. The van der Waals surface area contributed by atoms with Crippen molar-refractivity contribution in [1.82, 2.24) is 0 Å². The minimum atomic E-state index is -4.40. The lowest BCUT2D eigenvalue weighted by Crippen LogP contribution is -2.37. The van der Waals surface area contributed by atoms with Gasteiger partial charge in [-0.2, -0.15) is 0 Å². The normalized spacial score (nSPS) is 13.9. The lowest BCUT2D eigenvalue weighted by Gasteiger charge is -2.24. The zero-order chi connectivity index (χ0) is 62.6. The molecular formula is C76H133NO8P+. The molecule has 0 aromatic carbocycles. The largest absolute Gasteiger partial charge is 0.472 e. The van der Waals surface area contributed by atoms with E-state index in [0.717, 1.165) is 103 Å². The van der Waals surface area contributed by atoms with E-state index in [2.05, 4.69) is 135 Å². The Kier molecular flexibility index (Phi) is 63.1. The van der Waals surface area contributed by atoms with E-state index in [1.807, 2.05) is 21.1 Å². The molecule has 10 heteroatoms. The SMILES string of the molecule is CC/C=C\C/C=C\C/C=C\C/C=C\C/C=C\C/C=C\C/C=C\C/C=C\C/C=C\CCCCCCCCCC(=O)OC(COC(=O)CCCCCCCCCCCCCCCCC/C=C\CCCCCCCCCC)COP(=O)(O)OCC[N+](C)(C)C. The number of phosphoric acid groups is 1. The van der Waals surface area contributed by atoms with Gasteiger partial charge in [0.2, 0.25) is 0 Å². The molecule has 0 saturated heterocycles. The van der Waals surface area contributed by atoms with E-state index in [1.165, 1.54) is 161 Å². The molecule has 9 nitrogen and oxygen atoms in total. The first-order chi connectivity index (χ1) is 42.0. The molecule has 0 aromatic rings. The van der Waals surface area contributed by atoms with E-state index in [0.29, 0.717) is 17.4 Å². The van der Waals surface area contributed by atoms with Gasteiger partial charge in [0.05, 0.1) is 27.7 Å². The van der Waals surface area contributed by atoms with Crippen LogP contribution in [0.4, 0.5) is 0 Å². The van der Waals surface area contributed by atoms with Crippen LogP contribution in [0.2, 0.25) is 0 Å². The fraction of sp³-hybridized carbons (Fsp3) is 0.711. The van der Waals surface area contributed by atoms with E-state index in [9.17, 15) is 19.0 Å². The second-order valence-electron chi connectivity index (χ2n) is 24.5. The molecule has 86 heavy (non-hydrogen) atoms. The highest BCUT2D eigenvalue weighted by Crippen LogP contribution is 2.43. The summed E-state index contributed by atoms with van der Waals surface area (Å²) in [5.41, 5.74) is 0. The highest BCUT2D eigenvalue weighted by atomic mass is 31.2. The summed E-state index contributed by atoms with van der Waals surface area (Å²) in [5.74, 6) is -0.808. The molecule has 0 amide bonds. The van der Waals surface area contributed by atoms with Gasteiger partial charge in [0.1, 0.15) is 19.8 Å². The van der Waals surface area contributed by atoms with Gasteiger partial charge in [0.15, 0.2) is 6.10 Å².